The number of benzene rings is 3. The van der Waals surface area contributed by atoms with Gasteiger partial charge in [-0.05, 0) is 42.5 Å². The summed E-state index contributed by atoms with van der Waals surface area (Å²) >= 11 is 0. The van der Waals surface area contributed by atoms with Crippen molar-refractivity contribution in [3.05, 3.63) is 84.4 Å². The highest BCUT2D eigenvalue weighted by Crippen LogP contribution is 2.27. The number of hydrogen-bond donors (Lipinski definition) is 2. The zero-order chi connectivity index (χ0) is 17.9. The Bertz CT molecular complexity index is 1070. The number of carbonyl (C=O) groups excluding carboxylic acids is 1. The highest BCUT2D eigenvalue weighted by Gasteiger charge is 2.13. The molecule has 128 valence electrons. The summed E-state index contributed by atoms with van der Waals surface area (Å²) in [6.07, 6.45) is 0. The lowest BCUT2D eigenvalue weighted by Crippen LogP contribution is -2.17. The first kappa shape index (κ1) is 15.9. The van der Waals surface area contributed by atoms with Gasteiger partial charge in [0.1, 0.15) is 0 Å². The van der Waals surface area contributed by atoms with Crippen molar-refractivity contribution in [2.24, 2.45) is 0 Å². The van der Waals surface area contributed by atoms with Crippen LogP contribution < -0.4 is 10.6 Å². The van der Waals surface area contributed by atoms with Crippen molar-refractivity contribution < 1.29 is 4.79 Å². The maximum Gasteiger partial charge on any atom is 0.251 e. The van der Waals surface area contributed by atoms with E-state index in [1.807, 2.05) is 72.8 Å². The van der Waals surface area contributed by atoms with E-state index in [0.717, 1.165) is 22.4 Å². The lowest BCUT2D eigenvalue weighted by molar-refractivity contribution is 0.0963. The van der Waals surface area contributed by atoms with Crippen LogP contribution in [0.1, 0.15) is 10.4 Å². The number of aromatic nitrogens is 2. The molecule has 3 aromatic carbocycles. The SMILES string of the molecule is CNC(=O)c1cccc(Nc2nc3ccccc3n2-c2ccccc2)c1. The van der Waals surface area contributed by atoms with Crippen LogP contribution in [0.4, 0.5) is 11.6 Å². The predicted molar refractivity (Wildman–Crippen MR) is 104 cm³/mol. The van der Waals surface area contributed by atoms with Crippen molar-refractivity contribution in [3.8, 4) is 5.69 Å². The van der Waals surface area contributed by atoms with Crippen molar-refractivity contribution in [1.82, 2.24) is 14.9 Å². The van der Waals surface area contributed by atoms with Crippen molar-refractivity contribution in [3.63, 3.8) is 0 Å². The maximum absolute atomic E-state index is 11.9. The van der Waals surface area contributed by atoms with Crippen molar-refractivity contribution in [1.29, 1.82) is 0 Å². The number of nitrogens with one attached hydrogen (secondary N) is 2. The summed E-state index contributed by atoms with van der Waals surface area (Å²) in [5, 5.41) is 6.00. The van der Waals surface area contributed by atoms with Gasteiger partial charge in [-0.1, -0.05) is 36.4 Å². The van der Waals surface area contributed by atoms with Gasteiger partial charge in [0.2, 0.25) is 5.95 Å². The van der Waals surface area contributed by atoms with Gasteiger partial charge in [-0.15, -0.1) is 0 Å². The van der Waals surface area contributed by atoms with Gasteiger partial charge in [-0.2, -0.15) is 0 Å². The van der Waals surface area contributed by atoms with Gasteiger partial charge in [0, 0.05) is 24.0 Å². The number of imidazole rings is 1. The van der Waals surface area contributed by atoms with E-state index in [2.05, 4.69) is 15.2 Å². The number of carbonyl (C=O) groups is 1. The van der Waals surface area contributed by atoms with Gasteiger partial charge in [0.25, 0.3) is 5.91 Å². The largest absolute Gasteiger partial charge is 0.355 e. The molecule has 0 aliphatic heterocycles. The molecule has 1 heterocycles. The van der Waals surface area contributed by atoms with Crippen molar-refractivity contribution in [2.75, 3.05) is 12.4 Å². The Morgan fingerprint density at radius 3 is 2.50 bits per heavy atom. The number of rotatable bonds is 4. The van der Waals surface area contributed by atoms with E-state index in [0.29, 0.717) is 11.5 Å². The van der Waals surface area contributed by atoms with E-state index in [1.54, 1.807) is 13.1 Å². The molecule has 0 saturated heterocycles. The molecule has 1 amide bonds. The first-order chi connectivity index (χ1) is 12.8. The molecule has 1 aromatic heterocycles. The molecule has 0 aliphatic rings. The maximum atomic E-state index is 11.9. The molecule has 0 unspecified atom stereocenters. The topological polar surface area (TPSA) is 59.0 Å². The summed E-state index contributed by atoms with van der Waals surface area (Å²) in [6.45, 7) is 0. The average Bonchev–Trinajstić information content (AvgIpc) is 3.06. The summed E-state index contributed by atoms with van der Waals surface area (Å²) in [5.74, 6) is 0.580. The molecule has 0 atom stereocenters. The lowest BCUT2D eigenvalue weighted by atomic mass is 10.2. The van der Waals surface area contributed by atoms with Crippen LogP contribution in [0.3, 0.4) is 0 Å². The van der Waals surface area contributed by atoms with Crippen LogP contribution in [-0.4, -0.2) is 22.5 Å². The smallest absolute Gasteiger partial charge is 0.251 e. The molecular formula is C21H18N4O. The summed E-state index contributed by atoms with van der Waals surface area (Å²) in [7, 11) is 1.62. The molecule has 0 aliphatic carbocycles. The molecule has 0 radical (unpaired) electrons. The Balaban J connectivity index is 1.81. The number of fused-ring (bicyclic) bond motifs is 1. The zero-order valence-electron chi connectivity index (χ0n) is 14.3. The monoisotopic (exact) mass is 342 g/mol. The van der Waals surface area contributed by atoms with E-state index in [9.17, 15) is 4.79 Å². The number of anilines is 2. The molecule has 0 fully saturated rings. The molecule has 4 rings (SSSR count). The standard InChI is InChI=1S/C21H18N4O/c1-22-20(26)15-8-7-9-16(14-15)23-21-24-18-12-5-6-13-19(18)25(21)17-10-3-2-4-11-17/h2-14H,1H3,(H,22,26)(H,23,24). The minimum absolute atomic E-state index is 0.120. The molecule has 26 heavy (non-hydrogen) atoms. The molecule has 0 saturated carbocycles. The van der Waals surface area contributed by atoms with E-state index in [1.165, 1.54) is 0 Å². The fourth-order valence-corrected chi connectivity index (χ4v) is 2.96. The third-order valence-electron chi connectivity index (χ3n) is 4.18. The Labute approximate surface area is 151 Å². The molecular weight excluding hydrogens is 324 g/mol. The number of nitrogens with zero attached hydrogens (tertiary/aromatic N) is 2. The Morgan fingerprint density at radius 2 is 1.69 bits per heavy atom. The summed E-state index contributed by atoms with van der Waals surface area (Å²) < 4.78 is 2.07. The van der Waals surface area contributed by atoms with Gasteiger partial charge in [-0.3, -0.25) is 9.36 Å². The highest BCUT2D eigenvalue weighted by molar-refractivity contribution is 5.95. The third-order valence-corrected chi connectivity index (χ3v) is 4.18. The molecule has 0 bridgehead atoms. The minimum atomic E-state index is -0.120. The Kier molecular flexibility index (Phi) is 4.11. The first-order valence-corrected chi connectivity index (χ1v) is 8.38. The minimum Gasteiger partial charge on any atom is -0.355 e. The van der Waals surface area contributed by atoms with Crippen LogP contribution in [-0.2, 0) is 0 Å². The van der Waals surface area contributed by atoms with Gasteiger partial charge in [0.05, 0.1) is 11.0 Å². The highest BCUT2D eigenvalue weighted by atomic mass is 16.1. The van der Waals surface area contributed by atoms with E-state index in [4.69, 9.17) is 4.98 Å². The second kappa shape index (κ2) is 6.72. The molecule has 2 N–H and O–H groups in total. The molecule has 4 aromatic rings. The van der Waals surface area contributed by atoms with E-state index in [-0.39, 0.29) is 5.91 Å². The zero-order valence-corrected chi connectivity index (χ0v) is 14.3. The normalized spacial score (nSPS) is 10.7. The van der Waals surface area contributed by atoms with Gasteiger partial charge < -0.3 is 10.6 Å². The average molecular weight is 342 g/mol. The second-order valence-electron chi connectivity index (χ2n) is 5.88. The summed E-state index contributed by atoms with van der Waals surface area (Å²) in [4.78, 5) is 16.6. The van der Waals surface area contributed by atoms with Crippen LogP contribution in [0, 0.1) is 0 Å². The van der Waals surface area contributed by atoms with Gasteiger partial charge >= 0.3 is 0 Å². The van der Waals surface area contributed by atoms with Crippen molar-refractivity contribution in [2.45, 2.75) is 0 Å². The number of para-hydroxylation sites is 3. The number of hydrogen-bond acceptors (Lipinski definition) is 3. The van der Waals surface area contributed by atoms with Crippen LogP contribution in [0.25, 0.3) is 16.7 Å². The third kappa shape index (κ3) is 2.91. The van der Waals surface area contributed by atoms with Gasteiger partial charge in [0.15, 0.2) is 0 Å². The number of amides is 1. The molecule has 0 spiro atoms. The second-order valence-corrected chi connectivity index (χ2v) is 5.88. The quantitative estimate of drug-likeness (QED) is 0.586. The predicted octanol–water partition coefficient (Wildman–Crippen LogP) is 4.13. The van der Waals surface area contributed by atoms with Crippen LogP contribution in [0.2, 0.25) is 0 Å². The van der Waals surface area contributed by atoms with Crippen LogP contribution >= 0.6 is 0 Å². The lowest BCUT2D eigenvalue weighted by Gasteiger charge is -2.11. The Hall–Kier alpha value is -3.60. The van der Waals surface area contributed by atoms with E-state index < -0.39 is 0 Å². The van der Waals surface area contributed by atoms with Crippen LogP contribution in [0.15, 0.2) is 78.9 Å². The van der Waals surface area contributed by atoms with Crippen LogP contribution in [0.5, 0.6) is 0 Å². The molecule has 5 nitrogen and oxygen atoms in total. The summed E-state index contributed by atoms with van der Waals surface area (Å²) in [6, 6.07) is 25.4. The van der Waals surface area contributed by atoms with E-state index >= 15 is 0 Å². The Morgan fingerprint density at radius 1 is 0.923 bits per heavy atom. The fourth-order valence-electron chi connectivity index (χ4n) is 2.96. The van der Waals surface area contributed by atoms with Crippen molar-refractivity contribution >= 4 is 28.6 Å². The summed E-state index contributed by atoms with van der Waals surface area (Å²) in [5.41, 5.74) is 4.34. The molecule has 5 heteroatoms. The fraction of sp³-hybridized carbons (Fsp3) is 0.0476. The van der Waals surface area contributed by atoms with Gasteiger partial charge in [-0.25, -0.2) is 4.98 Å². The first-order valence-electron chi connectivity index (χ1n) is 8.38.